The lowest BCUT2D eigenvalue weighted by Crippen LogP contribution is -2.66. The molecule has 3 aliphatic rings. The van der Waals surface area contributed by atoms with Gasteiger partial charge in [0, 0.05) is 0 Å². The molecular formula is C18H32O16. The molecule has 0 bridgehead atoms. The maximum Gasteiger partial charge on any atom is 0.187 e. The molecule has 0 aromatic carbocycles. The molecule has 0 spiro atoms. The lowest BCUT2D eigenvalue weighted by Gasteiger charge is -2.47. The summed E-state index contributed by atoms with van der Waals surface area (Å²) in [5, 5.41) is 109. The minimum absolute atomic E-state index is 0.740. The second-order valence-corrected chi connectivity index (χ2v) is 8.33. The molecule has 0 amide bonds. The molecule has 16 nitrogen and oxygen atoms in total. The molecule has 15 atom stereocenters. The zero-order valence-corrected chi connectivity index (χ0v) is 17.7. The molecule has 3 rings (SSSR count). The Morgan fingerprint density at radius 2 is 0.912 bits per heavy atom. The average molecular weight is 504 g/mol. The first-order valence-electron chi connectivity index (χ1n) is 10.6. The van der Waals surface area contributed by atoms with Gasteiger partial charge >= 0.3 is 0 Å². The topological polar surface area (TPSA) is 269 Å². The minimum atomic E-state index is -1.93. The Balaban J connectivity index is 1.72. The second-order valence-electron chi connectivity index (χ2n) is 8.33. The molecule has 0 aromatic heterocycles. The van der Waals surface area contributed by atoms with Crippen LogP contribution in [0.1, 0.15) is 0 Å². The van der Waals surface area contributed by atoms with E-state index in [4.69, 9.17) is 23.7 Å². The third-order valence-electron chi connectivity index (χ3n) is 6.09. The van der Waals surface area contributed by atoms with Crippen molar-refractivity contribution in [1.29, 1.82) is 0 Å². The molecule has 3 heterocycles. The van der Waals surface area contributed by atoms with Gasteiger partial charge in [0.15, 0.2) is 18.9 Å². The molecule has 34 heavy (non-hydrogen) atoms. The van der Waals surface area contributed by atoms with Crippen LogP contribution in [-0.4, -0.2) is 168 Å². The van der Waals surface area contributed by atoms with E-state index >= 15 is 0 Å². The molecule has 3 saturated heterocycles. The van der Waals surface area contributed by atoms with Crippen LogP contribution in [0.15, 0.2) is 0 Å². The van der Waals surface area contributed by atoms with Crippen molar-refractivity contribution in [2.45, 2.75) is 92.1 Å². The molecule has 3 fully saturated rings. The SMILES string of the molecule is OCC1O[C@@H](O[C@@H]2C(CO)O[C@@H](O[C@@H]3C(O)C(O)OC(CO)[C@H]3O)C(O)[C@H]2O)C(O)[C@@H](O)[C@@H]1O. The molecule has 0 aromatic rings. The van der Waals surface area contributed by atoms with Gasteiger partial charge in [0.05, 0.1) is 19.8 Å². The third-order valence-corrected chi connectivity index (χ3v) is 6.09. The van der Waals surface area contributed by atoms with Crippen LogP contribution in [0, 0.1) is 0 Å². The normalized spacial score (nSPS) is 52.5. The lowest BCUT2D eigenvalue weighted by molar-refractivity contribution is -0.378. The third kappa shape index (κ3) is 5.37. The highest BCUT2D eigenvalue weighted by atomic mass is 16.7. The molecule has 3 aliphatic heterocycles. The van der Waals surface area contributed by atoms with Crippen molar-refractivity contribution >= 4 is 0 Å². The Morgan fingerprint density at radius 1 is 0.441 bits per heavy atom. The van der Waals surface area contributed by atoms with Crippen LogP contribution in [0.3, 0.4) is 0 Å². The van der Waals surface area contributed by atoms with E-state index in [1.807, 2.05) is 0 Å². The quantitative estimate of drug-likeness (QED) is 0.154. The van der Waals surface area contributed by atoms with Crippen LogP contribution in [0.5, 0.6) is 0 Å². The van der Waals surface area contributed by atoms with Crippen molar-refractivity contribution in [3.8, 4) is 0 Å². The fourth-order valence-corrected chi connectivity index (χ4v) is 4.05. The standard InChI is InChI=1S/C18H32O16/c19-1-4-7(22)9(24)11(26)17(31-4)33-14-6(3-21)32-18(12(27)10(14)25)34-15-8(23)5(2-20)30-16(29)13(15)28/h4-29H,1-3H2/t4?,5?,6?,7-,8-,9+,10-,11?,12?,13?,14-,15+,16?,17+,18+/m1/s1. The van der Waals surface area contributed by atoms with Gasteiger partial charge in [0.1, 0.15) is 73.2 Å². The number of ether oxygens (including phenoxy) is 5. The van der Waals surface area contributed by atoms with E-state index in [1.165, 1.54) is 0 Å². The molecule has 0 radical (unpaired) electrons. The zero-order chi connectivity index (χ0) is 25.3. The van der Waals surface area contributed by atoms with Crippen LogP contribution in [0.25, 0.3) is 0 Å². The van der Waals surface area contributed by atoms with Crippen LogP contribution >= 0.6 is 0 Å². The number of rotatable bonds is 7. The minimum Gasteiger partial charge on any atom is -0.394 e. The molecule has 200 valence electrons. The van der Waals surface area contributed by atoms with Crippen LogP contribution in [0.4, 0.5) is 0 Å². The lowest BCUT2D eigenvalue weighted by atomic mass is 9.96. The summed E-state index contributed by atoms with van der Waals surface area (Å²) < 4.78 is 26.2. The van der Waals surface area contributed by atoms with E-state index in [0.717, 1.165) is 0 Å². The van der Waals surface area contributed by atoms with Gasteiger partial charge in [-0.3, -0.25) is 0 Å². The van der Waals surface area contributed by atoms with Crippen molar-refractivity contribution < 1.29 is 79.9 Å². The highest BCUT2D eigenvalue weighted by Gasteiger charge is 2.53. The van der Waals surface area contributed by atoms with E-state index < -0.39 is 112 Å². The van der Waals surface area contributed by atoms with Crippen molar-refractivity contribution in [1.82, 2.24) is 0 Å². The fourth-order valence-electron chi connectivity index (χ4n) is 4.05. The summed E-state index contributed by atoms with van der Waals surface area (Å²) >= 11 is 0. The number of hydrogen-bond donors (Lipinski definition) is 11. The van der Waals surface area contributed by atoms with Crippen molar-refractivity contribution in [2.75, 3.05) is 19.8 Å². The Bertz CT molecular complexity index is 637. The summed E-state index contributed by atoms with van der Waals surface area (Å²) in [6.45, 7) is -2.31. The summed E-state index contributed by atoms with van der Waals surface area (Å²) in [7, 11) is 0. The van der Waals surface area contributed by atoms with Gasteiger partial charge in [-0.25, -0.2) is 0 Å². The number of hydrogen-bond acceptors (Lipinski definition) is 16. The Morgan fingerprint density at radius 3 is 1.47 bits per heavy atom. The monoisotopic (exact) mass is 504 g/mol. The predicted molar refractivity (Wildman–Crippen MR) is 101 cm³/mol. The summed E-state index contributed by atoms with van der Waals surface area (Å²) in [5.74, 6) is 0. The smallest absolute Gasteiger partial charge is 0.187 e. The summed E-state index contributed by atoms with van der Waals surface area (Å²) in [4.78, 5) is 0. The van der Waals surface area contributed by atoms with Crippen molar-refractivity contribution in [2.24, 2.45) is 0 Å². The van der Waals surface area contributed by atoms with Gasteiger partial charge in [0.25, 0.3) is 0 Å². The van der Waals surface area contributed by atoms with E-state index in [9.17, 15) is 56.2 Å². The van der Waals surface area contributed by atoms with E-state index in [-0.39, 0.29) is 0 Å². The Kier molecular flexibility index (Phi) is 9.54. The maximum atomic E-state index is 10.6. The first-order chi connectivity index (χ1) is 16.0. The largest absolute Gasteiger partial charge is 0.394 e. The van der Waals surface area contributed by atoms with Gasteiger partial charge in [-0.15, -0.1) is 0 Å². The van der Waals surface area contributed by atoms with Gasteiger partial charge < -0.3 is 79.9 Å². The number of aliphatic hydroxyl groups is 11. The maximum absolute atomic E-state index is 10.6. The van der Waals surface area contributed by atoms with E-state index in [2.05, 4.69) is 0 Å². The highest BCUT2D eigenvalue weighted by Crippen LogP contribution is 2.32. The molecule has 11 N–H and O–H groups in total. The summed E-state index contributed by atoms with van der Waals surface area (Å²) in [6.07, 6.45) is -25.3. The predicted octanol–water partition coefficient (Wildman–Crippen LogP) is -7.57. The second kappa shape index (κ2) is 11.6. The molecule has 0 saturated carbocycles. The first kappa shape index (κ1) is 27.9. The van der Waals surface area contributed by atoms with Gasteiger partial charge in [-0.2, -0.15) is 0 Å². The fraction of sp³-hybridized carbons (Fsp3) is 1.00. The Labute approximate surface area is 192 Å². The summed E-state index contributed by atoms with van der Waals surface area (Å²) in [5.41, 5.74) is 0. The molecule has 16 heteroatoms. The van der Waals surface area contributed by atoms with Crippen LogP contribution in [-0.2, 0) is 23.7 Å². The Hall–Kier alpha value is -0.640. The van der Waals surface area contributed by atoms with Gasteiger partial charge in [-0.1, -0.05) is 0 Å². The molecule has 0 aliphatic carbocycles. The average Bonchev–Trinajstić information content (AvgIpc) is 2.83. The van der Waals surface area contributed by atoms with Crippen molar-refractivity contribution in [3.05, 3.63) is 0 Å². The van der Waals surface area contributed by atoms with Gasteiger partial charge in [-0.05, 0) is 0 Å². The van der Waals surface area contributed by atoms with E-state index in [1.54, 1.807) is 0 Å². The van der Waals surface area contributed by atoms with Crippen LogP contribution in [0.2, 0.25) is 0 Å². The summed E-state index contributed by atoms with van der Waals surface area (Å²) in [6, 6.07) is 0. The first-order valence-corrected chi connectivity index (χ1v) is 10.6. The molecular weight excluding hydrogens is 472 g/mol. The zero-order valence-electron chi connectivity index (χ0n) is 17.7. The number of aliphatic hydroxyl groups excluding tert-OH is 11. The van der Waals surface area contributed by atoms with Crippen LogP contribution < -0.4 is 0 Å². The molecule has 7 unspecified atom stereocenters. The van der Waals surface area contributed by atoms with Crippen molar-refractivity contribution in [3.63, 3.8) is 0 Å². The van der Waals surface area contributed by atoms with Gasteiger partial charge in [0.2, 0.25) is 0 Å². The highest BCUT2D eigenvalue weighted by molar-refractivity contribution is 4.96. The van der Waals surface area contributed by atoms with E-state index in [0.29, 0.717) is 0 Å².